The summed E-state index contributed by atoms with van der Waals surface area (Å²) in [6, 6.07) is 8.66. The van der Waals surface area contributed by atoms with Crippen LogP contribution in [-0.2, 0) is 5.41 Å². The first-order chi connectivity index (χ1) is 17.6. The average Bonchev–Trinajstić information content (AvgIpc) is 3.36. The fourth-order valence-corrected chi connectivity index (χ4v) is 4.96. The SMILES string of the molecule is COc1cc(OC)c(NC(=O)c2ccc(Oc3c(C)cc4c(c3OC)C(C)(C)CCC4C)o2)c(OC)c1. The summed E-state index contributed by atoms with van der Waals surface area (Å²) in [4.78, 5) is 13.0. The molecule has 1 aliphatic rings. The number of furan rings is 1. The number of nitrogens with one attached hydrogen (secondary N) is 1. The van der Waals surface area contributed by atoms with Crippen LogP contribution in [0.25, 0.3) is 0 Å². The first-order valence-electron chi connectivity index (χ1n) is 12.2. The Labute approximate surface area is 217 Å². The number of ether oxygens (including phenoxy) is 5. The molecule has 3 aromatic rings. The number of fused-ring (bicyclic) bond motifs is 1. The molecule has 0 fully saturated rings. The normalized spacial score (nSPS) is 15.9. The molecule has 0 bridgehead atoms. The molecule has 0 aliphatic heterocycles. The Morgan fingerprint density at radius 1 is 0.973 bits per heavy atom. The fourth-order valence-electron chi connectivity index (χ4n) is 4.96. The van der Waals surface area contributed by atoms with Crippen LogP contribution < -0.4 is 29.0 Å². The van der Waals surface area contributed by atoms with Gasteiger partial charge in [-0.15, -0.1) is 0 Å². The van der Waals surface area contributed by atoms with Crippen LogP contribution in [-0.4, -0.2) is 34.3 Å². The summed E-state index contributed by atoms with van der Waals surface area (Å²) in [6.07, 6.45) is 2.19. The minimum Gasteiger partial charge on any atom is -0.496 e. The fraction of sp³-hybridized carbons (Fsp3) is 0.414. The van der Waals surface area contributed by atoms with E-state index < -0.39 is 5.91 Å². The van der Waals surface area contributed by atoms with E-state index in [1.807, 2.05) is 6.92 Å². The van der Waals surface area contributed by atoms with Gasteiger partial charge in [0.1, 0.15) is 22.9 Å². The van der Waals surface area contributed by atoms with Crippen molar-refractivity contribution in [1.29, 1.82) is 0 Å². The summed E-state index contributed by atoms with van der Waals surface area (Å²) in [5.74, 6) is 2.81. The molecule has 0 spiro atoms. The van der Waals surface area contributed by atoms with Crippen molar-refractivity contribution in [2.45, 2.75) is 51.9 Å². The van der Waals surface area contributed by atoms with Gasteiger partial charge in [-0.2, -0.15) is 0 Å². The summed E-state index contributed by atoms with van der Waals surface area (Å²) in [5.41, 5.74) is 3.70. The van der Waals surface area contributed by atoms with Crippen LogP contribution in [0, 0.1) is 6.92 Å². The maximum atomic E-state index is 13.0. The van der Waals surface area contributed by atoms with Crippen molar-refractivity contribution >= 4 is 11.6 Å². The Balaban J connectivity index is 1.63. The van der Waals surface area contributed by atoms with Crippen LogP contribution in [0.5, 0.6) is 34.7 Å². The first-order valence-corrected chi connectivity index (χ1v) is 12.2. The van der Waals surface area contributed by atoms with Crippen molar-refractivity contribution in [2.75, 3.05) is 33.8 Å². The highest BCUT2D eigenvalue weighted by Gasteiger charge is 2.36. The molecule has 8 heteroatoms. The lowest BCUT2D eigenvalue weighted by atomic mass is 9.68. The first kappa shape index (κ1) is 26.3. The number of carbonyl (C=O) groups is 1. The second-order valence-corrected chi connectivity index (χ2v) is 9.93. The molecule has 1 atom stereocenters. The third-order valence-corrected chi connectivity index (χ3v) is 7.03. The van der Waals surface area contributed by atoms with Crippen LogP contribution in [0.4, 0.5) is 5.69 Å². The molecule has 4 rings (SSSR count). The number of hydrogen-bond donors (Lipinski definition) is 1. The maximum Gasteiger partial charge on any atom is 0.291 e. The summed E-state index contributed by atoms with van der Waals surface area (Å²) in [7, 11) is 6.20. The molecule has 2 aromatic carbocycles. The Kier molecular flexibility index (Phi) is 7.30. The van der Waals surface area contributed by atoms with Gasteiger partial charge >= 0.3 is 0 Å². The molecule has 1 heterocycles. The van der Waals surface area contributed by atoms with Crippen molar-refractivity contribution in [3.63, 3.8) is 0 Å². The number of anilines is 1. The van der Waals surface area contributed by atoms with Crippen LogP contribution >= 0.6 is 0 Å². The Hall–Kier alpha value is -3.81. The number of methoxy groups -OCH3 is 4. The van der Waals surface area contributed by atoms with E-state index in [4.69, 9.17) is 28.1 Å². The Bertz CT molecular complexity index is 1280. The number of amides is 1. The van der Waals surface area contributed by atoms with E-state index in [1.165, 1.54) is 26.9 Å². The van der Waals surface area contributed by atoms with Crippen molar-refractivity contribution in [2.24, 2.45) is 0 Å². The van der Waals surface area contributed by atoms with Gasteiger partial charge in [0.15, 0.2) is 17.3 Å². The van der Waals surface area contributed by atoms with Crippen LogP contribution in [0.3, 0.4) is 0 Å². The van der Waals surface area contributed by atoms with Gasteiger partial charge in [0.25, 0.3) is 11.9 Å². The van der Waals surface area contributed by atoms with E-state index in [1.54, 1.807) is 31.4 Å². The van der Waals surface area contributed by atoms with E-state index in [2.05, 4.69) is 32.2 Å². The molecular formula is C29H35NO7. The maximum absolute atomic E-state index is 13.0. The van der Waals surface area contributed by atoms with Gasteiger partial charge in [-0.1, -0.05) is 26.8 Å². The quantitative estimate of drug-likeness (QED) is 0.355. The monoisotopic (exact) mass is 509 g/mol. The van der Waals surface area contributed by atoms with E-state index in [9.17, 15) is 4.79 Å². The smallest absolute Gasteiger partial charge is 0.291 e. The minimum atomic E-state index is -0.485. The highest BCUT2D eigenvalue weighted by Crippen LogP contribution is 2.52. The lowest BCUT2D eigenvalue weighted by Crippen LogP contribution is -2.26. The van der Waals surface area contributed by atoms with Gasteiger partial charge in [-0.3, -0.25) is 4.79 Å². The Morgan fingerprint density at radius 3 is 2.24 bits per heavy atom. The summed E-state index contributed by atoms with van der Waals surface area (Å²) < 4.78 is 34.0. The zero-order valence-corrected chi connectivity index (χ0v) is 22.7. The van der Waals surface area contributed by atoms with E-state index >= 15 is 0 Å². The lowest BCUT2D eigenvalue weighted by molar-refractivity contribution is 0.0991. The Morgan fingerprint density at radius 2 is 1.65 bits per heavy atom. The number of benzene rings is 2. The van der Waals surface area contributed by atoms with Gasteiger partial charge in [0, 0.05) is 23.8 Å². The molecule has 37 heavy (non-hydrogen) atoms. The summed E-state index contributed by atoms with van der Waals surface area (Å²) in [6.45, 7) is 8.70. The molecule has 0 radical (unpaired) electrons. The highest BCUT2D eigenvalue weighted by molar-refractivity contribution is 6.04. The minimum absolute atomic E-state index is 0.0519. The second-order valence-electron chi connectivity index (χ2n) is 9.93. The second kappa shape index (κ2) is 10.3. The molecule has 1 aliphatic carbocycles. The van der Waals surface area contributed by atoms with Gasteiger partial charge in [0.2, 0.25) is 0 Å². The van der Waals surface area contributed by atoms with E-state index in [0.717, 1.165) is 24.0 Å². The third-order valence-electron chi connectivity index (χ3n) is 7.03. The van der Waals surface area contributed by atoms with Crippen molar-refractivity contribution < 1.29 is 32.9 Å². The standard InChI is InChI=1S/C29H35NO7/c1-16-11-12-29(3,4)24-19(16)13-17(2)26(27(24)35-8)37-23-10-9-20(36-23)28(31)30-25-21(33-6)14-18(32-5)15-22(25)34-7/h9-10,13-16H,11-12H2,1-8H3,(H,30,31). The van der Waals surface area contributed by atoms with Gasteiger partial charge < -0.3 is 33.4 Å². The lowest BCUT2D eigenvalue weighted by Gasteiger charge is -2.38. The summed E-state index contributed by atoms with van der Waals surface area (Å²) in [5, 5.41) is 2.80. The van der Waals surface area contributed by atoms with Crippen molar-refractivity contribution in [3.05, 3.63) is 52.8 Å². The molecule has 1 amide bonds. The molecule has 1 unspecified atom stereocenters. The molecule has 1 N–H and O–H groups in total. The molecule has 0 saturated carbocycles. The average molecular weight is 510 g/mol. The highest BCUT2D eigenvalue weighted by atomic mass is 16.6. The predicted octanol–water partition coefficient (Wildman–Crippen LogP) is 6.84. The zero-order valence-electron chi connectivity index (χ0n) is 22.7. The zero-order chi connectivity index (χ0) is 26.9. The van der Waals surface area contributed by atoms with Crippen molar-refractivity contribution in [1.82, 2.24) is 0 Å². The van der Waals surface area contributed by atoms with Crippen LogP contribution in [0.1, 0.15) is 66.8 Å². The van der Waals surface area contributed by atoms with E-state index in [-0.39, 0.29) is 17.1 Å². The van der Waals surface area contributed by atoms with Gasteiger partial charge in [0.05, 0.1) is 28.4 Å². The largest absolute Gasteiger partial charge is 0.496 e. The van der Waals surface area contributed by atoms with Crippen molar-refractivity contribution in [3.8, 4) is 34.7 Å². The summed E-state index contributed by atoms with van der Waals surface area (Å²) >= 11 is 0. The molecule has 198 valence electrons. The third kappa shape index (κ3) is 4.92. The van der Waals surface area contributed by atoms with Crippen LogP contribution in [0.2, 0.25) is 0 Å². The molecule has 1 aromatic heterocycles. The topological polar surface area (TPSA) is 88.4 Å². The number of aryl methyl sites for hydroxylation is 1. The molecular weight excluding hydrogens is 474 g/mol. The van der Waals surface area contributed by atoms with Gasteiger partial charge in [-0.25, -0.2) is 0 Å². The predicted molar refractivity (Wildman–Crippen MR) is 141 cm³/mol. The molecule has 8 nitrogen and oxygen atoms in total. The molecule has 0 saturated heterocycles. The van der Waals surface area contributed by atoms with E-state index in [0.29, 0.717) is 40.4 Å². The van der Waals surface area contributed by atoms with Crippen LogP contribution in [0.15, 0.2) is 34.7 Å². The number of rotatable bonds is 8. The number of carbonyl (C=O) groups excluding carboxylic acids is 1. The van der Waals surface area contributed by atoms with Gasteiger partial charge in [-0.05, 0) is 48.3 Å². The number of hydrogen-bond acceptors (Lipinski definition) is 7.